The van der Waals surface area contributed by atoms with Gasteiger partial charge in [0.25, 0.3) is 0 Å². The van der Waals surface area contributed by atoms with Gasteiger partial charge in [0.05, 0.1) is 6.61 Å². The van der Waals surface area contributed by atoms with Gasteiger partial charge in [0.15, 0.2) is 0 Å². The number of hydrogen-bond acceptors (Lipinski definition) is 3. The highest BCUT2D eigenvalue weighted by molar-refractivity contribution is 5.52. The number of hydrogen-bond donors (Lipinski definition) is 3. The van der Waals surface area contributed by atoms with E-state index in [4.69, 9.17) is 10.8 Å². The molecule has 0 fully saturated rings. The summed E-state index contributed by atoms with van der Waals surface area (Å²) in [4.78, 5) is 0. The molecule has 0 saturated carbocycles. The Balaban J connectivity index is 2.56. The second-order valence-electron chi connectivity index (χ2n) is 5.08. The molecular formula is C14H24N2O. The molecule has 0 aliphatic heterocycles. The van der Waals surface area contributed by atoms with E-state index in [1.54, 1.807) is 0 Å². The van der Waals surface area contributed by atoms with Crippen molar-refractivity contribution in [1.82, 2.24) is 0 Å². The predicted octanol–water partition coefficient (Wildman–Crippen LogP) is 2.27. The Labute approximate surface area is 104 Å². The van der Waals surface area contributed by atoms with E-state index in [2.05, 4.69) is 26.1 Å². The Morgan fingerprint density at radius 3 is 2.65 bits per heavy atom. The minimum absolute atomic E-state index is 0.0764. The maximum atomic E-state index is 9.10. The van der Waals surface area contributed by atoms with Crippen molar-refractivity contribution >= 4 is 5.69 Å². The van der Waals surface area contributed by atoms with Crippen molar-refractivity contribution in [2.75, 3.05) is 11.9 Å². The molecule has 4 N–H and O–H groups in total. The van der Waals surface area contributed by atoms with Crippen LogP contribution in [0.15, 0.2) is 18.2 Å². The van der Waals surface area contributed by atoms with Gasteiger partial charge in [0, 0.05) is 18.3 Å². The van der Waals surface area contributed by atoms with E-state index in [9.17, 15) is 0 Å². The Morgan fingerprint density at radius 2 is 2.06 bits per heavy atom. The van der Waals surface area contributed by atoms with Gasteiger partial charge in [-0.2, -0.15) is 0 Å². The van der Waals surface area contributed by atoms with Gasteiger partial charge in [-0.05, 0) is 36.5 Å². The summed E-state index contributed by atoms with van der Waals surface area (Å²) in [7, 11) is 0. The van der Waals surface area contributed by atoms with E-state index in [1.807, 2.05) is 18.2 Å². The van der Waals surface area contributed by atoms with Gasteiger partial charge in [-0.1, -0.05) is 26.0 Å². The fraction of sp³-hybridized carbons (Fsp3) is 0.571. The Bertz CT molecular complexity index is 350. The van der Waals surface area contributed by atoms with Crippen LogP contribution in [-0.4, -0.2) is 17.7 Å². The third-order valence-corrected chi connectivity index (χ3v) is 2.81. The molecule has 17 heavy (non-hydrogen) atoms. The van der Waals surface area contributed by atoms with Gasteiger partial charge in [-0.25, -0.2) is 0 Å². The first-order valence-electron chi connectivity index (χ1n) is 6.22. The molecule has 0 bridgehead atoms. The summed E-state index contributed by atoms with van der Waals surface area (Å²) in [5, 5.41) is 12.5. The number of rotatable bonds is 6. The molecule has 0 amide bonds. The van der Waals surface area contributed by atoms with Crippen LogP contribution in [0.2, 0.25) is 0 Å². The van der Waals surface area contributed by atoms with Crippen molar-refractivity contribution in [3.8, 4) is 0 Å². The molecule has 1 unspecified atom stereocenters. The lowest BCUT2D eigenvalue weighted by Crippen LogP contribution is -2.30. The fourth-order valence-electron chi connectivity index (χ4n) is 1.89. The van der Waals surface area contributed by atoms with Gasteiger partial charge in [-0.3, -0.25) is 0 Å². The van der Waals surface area contributed by atoms with Crippen molar-refractivity contribution in [2.45, 2.75) is 39.8 Å². The Hall–Kier alpha value is -1.06. The lowest BCUT2D eigenvalue weighted by molar-refractivity contribution is 0.282. The SMILES string of the molecule is Cc1ccc(CO)cc1NCC(N)CC(C)C. The maximum Gasteiger partial charge on any atom is 0.0682 e. The molecule has 3 heteroatoms. The molecule has 1 aromatic rings. The van der Waals surface area contributed by atoms with Crippen LogP contribution in [0.1, 0.15) is 31.4 Å². The second-order valence-corrected chi connectivity index (χ2v) is 5.08. The fourth-order valence-corrected chi connectivity index (χ4v) is 1.89. The molecule has 0 aliphatic carbocycles. The largest absolute Gasteiger partial charge is 0.392 e. The van der Waals surface area contributed by atoms with Gasteiger partial charge in [0.2, 0.25) is 0 Å². The standard InChI is InChI=1S/C14H24N2O/c1-10(2)6-13(15)8-16-14-7-12(9-17)5-4-11(14)3/h4-5,7,10,13,16-17H,6,8-9,15H2,1-3H3. The first-order chi connectivity index (χ1) is 8.02. The van der Waals surface area contributed by atoms with E-state index in [0.29, 0.717) is 5.92 Å². The molecule has 0 radical (unpaired) electrons. The number of aliphatic hydroxyl groups excluding tert-OH is 1. The second kappa shape index (κ2) is 6.62. The van der Waals surface area contributed by atoms with Crippen molar-refractivity contribution < 1.29 is 5.11 Å². The number of anilines is 1. The molecule has 0 aliphatic rings. The lowest BCUT2D eigenvalue weighted by Gasteiger charge is -2.17. The highest BCUT2D eigenvalue weighted by Crippen LogP contribution is 2.17. The summed E-state index contributed by atoms with van der Waals surface area (Å²) < 4.78 is 0. The number of aryl methyl sites for hydroxylation is 1. The van der Waals surface area contributed by atoms with E-state index >= 15 is 0 Å². The number of nitrogens with two attached hydrogens (primary N) is 1. The summed E-state index contributed by atoms with van der Waals surface area (Å²) in [6.45, 7) is 7.26. The van der Waals surface area contributed by atoms with Crippen LogP contribution in [0.3, 0.4) is 0 Å². The number of nitrogens with one attached hydrogen (secondary N) is 1. The average Bonchev–Trinajstić information content (AvgIpc) is 2.27. The van der Waals surface area contributed by atoms with Crippen LogP contribution < -0.4 is 11.1 Å². The quantitative estimate of drug-likeness (QED) is 0.710. The van der Waals surface area contributed by atoms with Crippen LogP contribution in [0.4, 0.5) is 5.69 Å². The van der Waals surface area contributed by atoms with Gasteiger partial charge in [0.1, 0.15) is 0 Å². The molecule has 0 saturated heterocycles. The lowest BCUT2D eigenvalue weighted by atomic mass is 10.0. The number of aliphatic hydroxyl groups is 1. The predicted molar refractivity (Wildman–Crippen MR) is 73.0 cm³/mol. The number of benzene rings is 1. The van der Waals surface area contributed by atoms with Gasteiger partial charge >= 0.3 is 0 Å². The van der Waals surface area contributed by atoms with E-state index in [0.717, 1.165) is 24.2 Å². The Kier molecular flexibility index (Phi) is 5.45. The molecule has 0 spiro atoms. The van der Waals surface area contributed by atoms with Crippen molar-refractivity contribution in [3.05, 3.63) is 29.3 Å². The molecule has 96 valence electrons. The zero-order valence-corrected chi connectivity index (χ0v) is 11.0. The normalized spacial score (nSPS) is 12.8. The molecule has 1 atom stereocenters. The van der Waals surface area contributed by atoms with Gasteiger partial charge < -0.3 is 16.2 Å². The third kappa shape index (κ3) is 4.75. The molecule has 1 rings (SSSR count). The van der Waals surface area contributed by atoms with Crippen LogP contribution in [0, 0.1) is 12.8 Å². The molecule has 1 aromatic carbocycles. The first kappa shape index (κ1) is 14.0. The van der Waals surface area contributed by atoms with E-state index in [1.165, 1.54) is 5.56 Å². The minimum Gasteiger partial charge on any atom is -0.392 e. The zero-order chi connectivity index (χ0) is 12.8. The molecule has 3 nitrogen and oxygen atoms in total. The zero-order valence-electron chi connectivity index (χ0n) is 11.0. The maximum absolute atomic E-state index is 9.10. The van der Waals surface area contributed by atoms with Crippen LogP contribution in [0.25, 0.3) is 0 Å². The van der Waals surface area contributed by atoms with Crippen LogP contribution in [0.5, 0.6) is 0 Å². The van der Waals surface area contributed by atoms with E-state index < -0.39 is 0 Å². The summed E-state index contributed by atoms with van der Waals surface area (Å²) in [5.41, 5.74) is 9.20. The monoisotopic (exact) mass is 236 g/mol. The smallest absolute Gasteiger partial charge is 0.0682 e. The highest BCUT2D eigenvalue weighted by atomic mass is 16.3. The highest BCUT2D eigenvalue weighted by Gasteiger charge is 2.06. The molecule has 0 heterocycles. The molecular weight excluding hydrogens is 212 g/mol. The summed E-state index contributed by atoms with van der Waals surface area (Å²) in [5.74, 6) is 0.622. The first-order valence-corrected chi connectivity index (χ1v) is 6.22. The minimum atomic E-state index is 0.0764. The van der Waals surface area contributed by atoms with Crippen molar-refractivity contribution in [2.24, 2.45) is 11.7 Å². The van der Waals surface area contributed by atoms with Crippen LogP contribution >= 0.6 is 0 Å². The van der Waals surface area contributed by atoms with Crippen molar-refractivity contribution in [1.29, 1.82) is 0 Å². The Morgan fingerprint density at radius 1 is 1.35 bits per heavy atom. The topological polar surface area (TPSA) is 58.3 Å². The summed E-state index contributed by atoms with van der Waals surface area (Å²) in [6, 6.07) is 6.11. The third-order valence-electron chi connectivity index (χ3n) is 2.81. The summed E-state index contributed by atoms with van der Waals surface area (Å²) in [6.07, 6.45) is 1.02. The van der Waals surface area contributed by atoms with Crippen LogP contribution in [-0.2, 0) is 6.61 Å². The molecule has 0 aromatic heterocycles. The average molecular weight is 236 g/mol. The van der Waals surface area contributed by atoms with Gasteiger partial charge in [-0.15, -0.1) is 0 Å². The van der Waals surface area contributed by atoms with E-state index in [-0.39, 0.29) is 12.6 Å². The summed E-state index contributed by atoms with van der Waals surface area (Å²) >= 11 is 0. The van der Waals surface area contributed by atoms with Crippen molar-refractivity contribution in [3.63, 3.8) is 0 Å².